The van der Waals surface area contributed by atoms with Gasteiger partial charge in [0.05, 0.1) is 5.03 Å². The lowest BCUT2D eigenvalue weighted by Crippen LogP contribution is -2.49. The zero-order chi connectivity index (χ0) is 36.4. The molecule has 0 aromatic heterocycles. The number of nitrogens with zero attached hydrogens (tertiary/aromatic N) is 2. The lowest BCUT2D eigenvalue weighted by atomic mass is 9.92. The lowest BCUT2D eigenvalue weighted by molar-refractivity contribution is -0.130. The van der Waals surface area contributed by atoms with E-state index in [1.807, 2.05) is 31.7 Å². The molecule has 47 heavy (non-hydrogen) atoms. The van der Waals surface area contributed by atoms with Gasteiger partial charge in [0.25, 0.3) is 0 Å². The van der Waals surface area contributed by atoms with Crippen molar-refractivity contribution >= 4 is 41.9 Å². The van der Waals surface area contributed by atoms with Crippen LogP contribution >= 0.6 is 23.2 Å². The van der Waals surface area contributed by atoms with E-state index in [1.54, 1.807) is 26.0 Å². The minimum Gasteiger partial charge on any atom is -0.357 e. The smallest absolute Gasteiger partial charge is 0.219 e. The van der Waals surface area contributed by atoms with Crippen LogP contribution in [0.1, 0.15) is 68.7 Å². The molecule has 8 nitrogen and oxygen atoms in total. The van der Waals surface area contributed by atoms with Gasteiger partial charge in [0.15, 0.2) is 0 Å². The molecule has 3 amide bonds. The molecule has 11 heteroatoms. The number of allylic oxidation sites excluding steroid dienone is 10. The van der Waals surface area contributed by atoms with Crippen LogP contribution in [0.4, 0.5) is 4.39 Å². The molecule has 2 heterocycles. The minimum atomic E-state index is -0.476. The van der Waals surface area contributed by atoms with Gasteiger partial charge in [-0.2, -0.15) is 0 Å². The van der Waals surface area contributed by atoms with Gasteiger partial charge >= 0.3 is 0 Å². The number of rotatable bonds is 13. The molecule has 0 saturated carbocycles. The Morgan fingerprint density at radius 2 is 1.57 bits per heavy atom. The molecule has 0 aromatic carbocycles. The molecule has 0 aromatic rings. The third-order valence-electron chi connectivity index (χ3n) is 6.58. The van der Waals surface area contributed by atoms with Gasteiger partial charge in [-0.3, -0.25) is 19.3 Å². The SMILES string of the molecule is C=C/C(Cl)=C(F)\C=C/CC1CNCC1/C=C/C(C)=C(Cl)\C=C(/C)NC=O.CC.CC(=O)N1CCN(CCNC=O)CC1.CC(C)(C)C. The Kier molecular flexibility index (Phi) is 26.9. The van der Waals surface area contributed by atoms with Crippen molar-refractivity contribution in [3.63, 3.8) is 0 Å². The van der Waals surface area contributed by atoms with Gasteiger partial charge < -0.3 is 20.9 Å². The van der Waals surface area contributed by atoms with E-state index < -0.39 is 5.83 Å². The normalized spacial score (nSPS) is 19.6. The summed E-state index contributed by atoms with van der Waals surface area (Å²) in [6.45, 7) is 28.2. The van der Waals surface area contributed by atoms with Crippen LogP contribution in [0.3, 0.4) is 0 Å². The topological polar surface area (TPSA) is 93.8 Å². The number of carbonyl (C=O) groups excluding carboxylic acids is 3. The maximum atomic E-state index is 13.6. The third kappa shape index (κ3) is 25.0. The summed E-state index contributed by atoms with van der Waals surface area (Å²) in [5, 5.41) is 9.12. The van der Waals surface area contributed by atoms with Crippen molar-refractivity contribution in [3.05, 3.63) is 70.2 Å². The Morgan fingerprint density at radius 3 is 2.09 bits per heavy atom. The number of hydrogen-bond donors (Lipinski definition) is 3. The van der Waals surface area contributed by atoms with E-state index in [2.05, 4.69) is 61.2 Å². The first-order chi connectivity index (χ1) is 22.1. The van der Waals surface area contributed by atoms with Crippen LogP contribution in [0.5, 0.6) is 0 Å². The summed E-state index contributed by atoms with van der Waals surface area (Å²) in [4.78, 5) is 35.5. The Labute approximate surface area is 294 Å². The molecule has 0 spiro atoms. The Morgan fingerprint density at radius 1 is 0.979 bits per heavy atom. The lowest BCUT2D eigenvalue weighted by Gasteiger charge is -2.33. The number of piperazine rings is 1. The van der Waals surface area contributed by atoms with E-state index in [-0.39, 0.29) is 10.9 Å². The highest BCUT2D eigenvalue weighted by Gasteiger charge is 2.23. The summed E-state index contributed by atoms with van der Waals surface area (Å²) >= 11 is 11.9. The summed E-state index contributed by atoms with van der Waals surface area (Å²) in [6.07, 6.45) is 12.4. The number of nitrogens with one attached hydrogen (secondary N) is 3. The minimum absolute atomic E-state index is 0.0186. The fraction of sp³-hybridized carbons (Fsp3) is 0.583. The Balaban J connectivity index is 0. The fourth-order valence-electron chi connectivity index (χ4n) is 4.11. The van der Waals surface area contributed by atoms with Crippen molar-refractivity contribution in [3.8, 4) is 0 Å². The molecular weight excluding hydrogens is 640 g/mol. The molecule has 0 aliphatic carbocycles. The van der Waals surface area contributed by atoms with Crippen LogP contribution in [0.25, 0.3) is 0 Å². The number of carbonyl (C=O) groups is 3. The van der Waals surface area contributed by atoms with Gasteiger partial charge in [0.1, 0.15) is 5.83 Å². The highest BCUT2D eigenvalue weighted by atomic mass is 35.5. The van der Waals surface area contributed by atoms with E-state index in [0.29, 0.717) is 47.3 Å². The predicted octanol–water partition coefficient (Wildman–Crippen LogP) is 7.07. The zero-order valence-corrected chi connectivity index (χ0v) is 31.6. The fourth-order valence-corrected chi connectivity index (χ4v) is 4.40. The van der Waals surface area contributed by atoms with Crippen molar-refractivity contribution in [1.29, 1.82) is 0 Å². The second-order valence-electron chi connectivity index (χ2n) is 12.5. The van der Waals surface area contributed by atoms with Gasteiger partial charge in [0, 0.05) is 63.5 Å². The monoisotopic (exact) mass is 699 g/mol. The molecule has 2 fully saturated rings. The first-order valence-electron chi connectivity index (χ1n) is 16.3. The Hall–Kier alpha value is -2.72. The van der Waals surface area contributed by atoms with Crippen LogP contribution in [-0.2, 0) is 14.4 Å². The molecule has 3 N–H and O–H groups in total. The molecule has 2 atom stereocenters. The van der Waals surface area contributed by atoms with Crippen LogP contribution in [0.2, 0.25) is 0 Å². The van der Waals surface area contributed by atoms with Crippen LogP contribution in [0, 0.1) is 17.3 Å². The largest absolute Gasteiger partial charge is 0.357 e. The van der Waals surface area contributed by atoms with E-state index in [1.165, 1.54) is 12.2 Å². The molecular formula is C36H60Cl2FN5O3. The van der Waals surface area contributed by atoms with E-state index >= 15 is 0 Å². The van der Waals surface area contributed by atoms with Crippen molar-refractivity contribution in [1.82, 2.24) is 25.8 Å². The van der Waals surface area contributed by atoms with E-state index in [9.17, 15) is 18.8 Å². The molecule has 2 rings (SSSR count). The van der Waals surface area contributed by atoms with Crippen molar-refractivity contribution in [2.75, 3.05) is 52.4 Å². The van der Waals surface area contributed by atoms with Gasteiger partial charge in [-0.25, -0.2) is 4.39 Å². The standard InChI is InChI=1S/C20H25Cl2FN2O.C9H17N3O2.C5H12.C2H6/c1-4-18(21)20(23)7-5-6-16-11-24-12-17(16)9-8-14(2)19(22)10-15(3)25-13-26;1-9(14)12-6-4-11(5-7-12)3-2-10-8-13;1-5(2,3)4;1-2/h4-5,7-10,13,16-17,24H,1,6,11-12H2,2-3H3,(H,25,26);8H,2-7H2,1H3,(H,10,13);1-4H3;1-2H3/b7-5-,9-8+,15-10+,19-14+,20-18-;;;. The van der Waals surface area contributed by atoms with Crippen molar-refractivity contribution < 1.29 is 18.8 Å². The summed E-state index contributed by atoms with van der Waals surface area (Å²) in [6, 6.07) is 0. The van der Waals surface area contributed by atoms with Crippen molar-refractivity contribution in [2.24, 2.45) is 17.3 Å². The summed E-state index contributed by atoms with van der Waals surface area (Å²) in [7, 11) is 0. The highest BCUT2D eigenvalue weighted by molar-refractivity contribution is 6.32. The average molecular weight is 701 g/mol. The van der Waals surface area contributed by atoms with Gasteiger partial charge in [0.2, 0.25) is 18.7 Å². The van der Waals surface area contributed by atoms with Crippen molar-refractivity contribution in [2.45, 2.75) is 68.7 Å². The molecule has 268 valence electrons. The van der Waals surface area contributed by atoms with Crippen LogP contribution < -0.4 is 16.0 Å². The first kappa shape index (κ1) is 46.4. The quantitative estimate of drug-likeness (QED) is 0.109. The second-order valence-corrected chi connectivity index (χ2v) is 13.3. The summed E-state index contributed by atoms with van der Waals surface area (Å²) in [5.41, 5.74) is 2.09. The molecule has 2 aliphatic heterocycles. The van der Waals surface area contributed by atoms with Gasteiger partial charge in [-0.05, 0) is 67.9 Å². The van der Waals surface area contributed by atoms with Crippen LogP contribution in [-0.4, -0.2) is 80.9 Å². The average Bonchev–Trinajstić information content (AvgIpc) is 3.47. The van der Waals surface area contributed by atoms with Gasteiger partial charge in [-0.1, -0.05) is 89.6 Å². The molecule has 2 unspecified atom stereocenters. The molecule has 0 radical (unpaired) electrons. The predicted molar refractivity (Wildman–Crippen MR) is 198 cm³/mol. The summed E-state index contributed by atoms with van der Waals surface area (Å²) < 4.78 is 13.6. The third-order valence-corrected chi connectivity index (χ3v) is 7.32. The molecule has 2 aliphatic rings. The maximum Gasteiger partial charge on any atom is 0.219 e. The van der Waals surface area contributed by atoms with Gasteiger partial charge in [-0.15, -0.1) is 0 Å². The zero-order valence-electron chi connectivity index (χ0n) is 30.1. The number of halogens is 3. The maximum absolute atomic E-state index is 13.6. The highest BCUT2D eigenvalue weighted by Crippen LogP contribution is 2.24. The summed E-state index contributed by atoms with van der Waals surface area (Å²) in [5.74, 6) is 0.379. The Bertz CT molecular complexity index is 1080. The molecule has 0 bridgehead atoms. The number of amides is 3. The van der Waals surface area contributed by atoms with E-state index in [0.717, 1.165) is 57.8 Å². The van der Waals surface area contributed by atoms with Crippen LogP contribution in [0.15, 0.2) is 70.2 Å². The number of hydrogen-bond acceptors (Lipinski definition) is 5. The second kappa shape index (κ2) is 27.3. The first-order valence-corrected chi connectivity index (χ1v) is 17.0. The van der Waals surface area contributed by atoms with E-state index in [4.69, 9.17) is 23.2 Å². The molecule has 2 saturated heterocycles.